The van der Waals surface area contributed by atoms with E-state index in [-0.39, 0.29) is 5.60 Å². The molecule has 0 amide bonds. The Morgan fingerprint density at radius 2 is 2.25 bits per heavy atom. The zero-order valence-corrected chi connectivity index (χ0v) is 10.3. The molecule has 1 rings (SSSR count). The molecular weight excluding hydrogens is 287 g/mol. The molecule has 1 heterocycles. The molecule has 0 aliphatic rings. The zero-order valence-electron chi connectivity index (χ0n) is 7.30. The van der Waals surface area contributed by atoms with Crippen LogP contribution in [0.1, 0.15) is 26.6 Å². The Balaban J connectivity index is 2.81. The number of aromatic nitrogens is 2. The topological polar surface area (TPSA) is 35.0 Å². The van der Waals surface area contributed by atoms with Crippen molar-refractivity contribution in [2.45, 2.75) is 26.4 Å². The van der Waals surface area contributed by atoms with Crippen LogP contribution in [0.5, 0.6) is 0 Å². The Morgan fingerprint density at radius 3 is 2.67 bits per heavy atom. The van der Waals surface area contributed by atoms with Crippen LogP contribution in [0, 0.1) is 3.01 Å². The first kappa shape index (κ1) is 10.3. The third-order valence-electron chi connectivity index (χ3n) is 1.44. The number of ether oxygens (including phenoxy) is 1. The van der Waals surface area contributed by atoms with Crippen LogP contribution >= 0.6 is 34.1 Å². The number of halogens is 1. The first-order valence-electron chi connectivity index (χ1n) is 3.70. The summed E-state index contributed by atoms with van der Waals surface area (Å²) in [5.74, 6) is 0.777. The minimum absolute atomic E-state index is 0.353. The summed E-state index contributed by atoms with van der Waals surface area (Å²) in [7, 11) is 0. The number of hydrogen-bond acceptors (Lipinski definition) is 4. The Kier molecular flexibility index (Phi) is 3.42. The van der Waals surface area contributed by atoms with Gasteiger partial charge in [0.25, 0.3) is 0 Å². The molecule has 12 heavy (non-hydrogen) atoms. The van der Waals surface area contributed by atoms with E-state index < -0.39 is 0 Å². The standard InChI is InChI=1S/C7H11IN2OS/c1-4-11-7(2,3)5-9-6(8)12-10-5/h4H2,1-3H3. The molecule has 0 atom stereocenters. The smallest absolute Gasteiger partial charge is 0.174 e. The van der Waals surface area contributed by atoms with Gasteiger partial charge in [0.2, 0.25) is 0 Å². The summed E-state index contributed by atoms with van der Waals surface area (Å²) in [5.41, 5.74) is -0.353. The number of nitrogens with zero attached hydrogens (tertiary/aromatic N) is 2. The lowest BCUT2D eigenvalue weighted by Gasteiger charge is -2.20. The molecule has 0 spiro atoms. The second kappa shape index (κ2) is 3.97. The van der Waals surface area contributed by atoms with Gasteiger partial charge in [-0.3, -0.25) is 0 Å². The Bertz CT molecular complexity index is 262. The molecule has 68 valence electrons. The highest BCUT2D eigenvalue weighted by atomic mass is 127. The van der Waals surface area contributed by atoms with E-state index in [4.69, 9.17) is 4.74 Å². The Morgan fingerprint density at radius 1 is 1.58 bits per heavy atom. The first-order valence-corrected chi connectivity index (χ1v) is 5.55. The average Bonchev–Trinajstić information content (AvgIpc) is 2.36. The summed E-state index contributed by atoms with van der Waals surface area (Å²) in [6, 6.07) is 0. The van der Waals surface area contributed by atoms with Crippen LogP contribution in [0.3, 0.4) is 0 Å². The van der Waals surface area contributed by atoms with Gasteiger partial charge in [-0.15, -0.1) is 0 Å². The molecule has 3 nitrogen and oxygen atoms in total. The maximum absolute atomic E-state index is 5.51. The van der Waals surface area contributed by atoms with Crippen LogP contribution in [0.25, 0.3) is 0 Å². The van der Waals surface area contributed by atoms with E-state index in [0.717, 1.165) is 8.84 Å². The molecule has 5 heteroatoms. The molecule has 0 aromatic carbocycles. The largest absolute Gasteiger partial charge is 0.368 e. The fourth-order valence-electron chi connectivity index (χ4n) is 0.875. The third kappa shape index (κ3) is 2.37. The molecule has 0 fully saturated rings. The molecule has 0 bridgehead atoms. The second-order valence-electron chi connectivity index (χ2n) is 2.81. The maximum Gasteiger partial charge on any atom is 0.174 e. The van der Waals surface area contributed by atoms with Crippen LogP contribution < -0.4 is 0 Å². The molecule has 1 aromatic rings. The SMILES string of the molecule is CCOC(C)(C)c1nsc(I)n1. The Hall–Kier alpha value is 0.250. The molecule has 0 N–H and O–H groups in total. The van der Waals surface area contributed by atoms with Gasteiger partial charge in [0.1, 0.15) is 5.60 Å². The number of rotatable bonds is 3. The van der Waals surface area contributed by atoms with Crippen molar-refractivity contribution in [1.82, 2.24) is 9.36 Å². The summed E-state index contributed by atoms with van der Waals surface area (Å²) in [4.78, 5) is 4.27. The van der Waals surface area contributed by atoms with E-state index in [9.17, 15) is 0 Å². The molecule has 0 unspecified atom stereocenters. The molecule has 0 aliphatic carbocycles. The summed E-state index contributed by atoms with van der Waals surface area (Å²) < 4.78 is 10.7. The normalized spacial score (nSPS) is 12.0. The monoisotopic (exact) mass is 298 g/mol. The summed E-state index contributed by atoms with van der Waals surface area (Å²) in [5, 5.41) is 0. The van der Waals surface area contributed by atoms with Crippen LogP contribution in [0.15, 0.2) is 0 Å². The van der Waals surface area contributed by atoms with Gasteiger partial charge in [-0.25, -0.2) is 4.98 Å². The minimum Gasteiger partial charge on any atom is -0.368 e. The van der Waals surface area contributed by atoms with Crippen LogP contribution in [-0.4, -0.2) is 16.0 Å². The third-order valence-corrected chi connectivity index (χ3v) is 2.78. The van der Waals surface area contributed by atoms with Gasteiger partial charge >= 0.3 is 0 Å². The van der Waals surface area contributed by atoms with E-state index in [1.807, 2.05) is 20.8 Å². The Labute approximate surface area is 89.9 Å². The van der Waals surface area contributed by atoms with Crippen molar-refractivity contribution < 1.29 is 4.74 Å². The quantitative estimate of drug-likeness (QED) is 0.804. The molecular formula is C7H11IN2OS. The predicted octanol–water partition coefficient (Wildman–Crippen LogP) is 2.41. The van der Waals surface area contributed by atoms with Gasteiger partial charge in [0, 0.05) is 6.61 Å². The molecule has 0 saturated heterocycles. The average molecular weight is 298 g/mol. The van der Waals surface area contributed by atoms with E-state index in [1.165, 1.54) is 11.5 Å². The molecule has 1 aromatic heterocycles. The molecule has 0 saturated carbocycles. The first-order chi connectivity index (χ1) is 5.56. The lowest BCUT2D eigenvalue weighted by atomic mass is 10.1. The fourth-order valence-corrected chi connectivity index (χ4v) is 1.95. The summed E-state index contributed by atoms with van der Waals surface area (Å²) >= 11 is 3.56. The van der Waals surface area contributed by atoms with E-state index >= 15 is 0 Å². The molecule has 0 radical (unpaired) electrons. The van der Waals surface area contributed by atoms with Crippen molar-refractivity contribution in [3.05, 3.63) is 8.84 Å². The lowest BCUT2D eigenvalue weighted by Crippen LogP contribution is -2.23. The van der Waals surface area contributed by atoms with Crippen molar-refractivity contribution in [2.75, 3.05) is 6.61 Å². The van der Waals surface area contributed by atoms with Gasteiger partial charge < -0.3 is 4.74 Å². The minimum atomic E-state index is -0.353. The van der Waals surface area contributed by atoms with Gasteiger partial charge in [-0.2, -0.15) is 4.37 Å². The zero-order chi connectivity index (χ0) is 9.19. The van der Waals surface area contributed by atoms with Crippen molar-refractivity contribution in [1.29, 1.82) is 0 Å². The maximum atomic E-state index is 5.51. The van der Waals surface area contributed by atoms with Crippen LogP contribution in [0.2, 0.25) is 0 Å². The summed E-state index contributed by atoms with van der Waals surface area (Å²) in [6.07, 6.45) is 0. The number of hydrogen-bond donors (Lipinski definition) is 0. The van der Waals surface area contributed by atoms with E-state index in [0.29, 0.717) is 6.61 Å². The molecule has 0 aliphatic heterocycles. The van der Waals surface area contributed by atoms with Gasteiger partial charge in [-0.1, -0.05) is 0 Å². The highest BCUT2D eigenvalue weighted by Crippen LogP contribution is 2.23. The van der Waals surface area contributed by atoms with Crippen LogP contribution in [-0.2, 0) is 10.3 Å². The van der Waals surface area contributed by atoms with Gasteiger partial charge in [-0.05, 0) is 54.9 Å². The van der Waals surface area contributed by atoms with Gasteiger partial charge in [0.15, 0.2) is 8.84 Å². The lowest BCUT2D eigenvalue weighted by molar-refractivity contribution is -0.0200. The predicted molar refractivity (Wildman–Crippen MR) is 57.3 cm³/mol. The van der Waals surface area contributed by atoms with E-state index in [1.54, 1.807) is 0 Å². The fraction of sp³-hybridized carbons (Fsp3) is 0.714. The highest BCUT2D eigenvalue weighted by molar-refractivity contribution is 14.1. The highest BCUT2D eigenvalue weighted by Gasteiger charge is 2.25. The van der Waals surface area contributed by atoms with Crippen molar-refractivity contribution in [3.8, 4) is 0 Å². The second-order valence-corrected chi connectivity index (χ2v) is 5.32. The van der Waals surface area contributed by atoms with E-state index in [2.05, 4.69) is 31.9 Å². The van der Waals surface area contributed by atoms with Crippen molar-refractivity contribution in [3.63, 3.8) is 0 Å². The van der Waals surface area contributed by atoms with Crippen molar-refractivity contribution in [2.24, 2.45) is 0 Å². The van der Waals surface area contributed by atoms with Gasteiger partial charge in [0.05, 0.1) is 0 Å². The van der Waals surface area contributed by atoms with Crippen LogP contribution in [0.4, 0.5) is 0 Å². The van der Waals surface area contributed by atoms with Crippen molar-refractivity contribution >= 4 is 34.1 Å². The summed E-state index contributed by atoms with van der Waals surface area (Å²) in [6.45, 7) is 6.62.